The van der Waals surface area contributed by atoms with Gasteiger partial charge in [0.2, 0.25) is 0 Å². The Bertz CT molecular complexity index is 483. The van der Waals surface area contributed by atoms with E-state index in [1.54, 1.807) is 0 Å². The molecule has 0 aliphatic rings. The number of rotatable bonds is 18. The van der Waals surface area contributed by atoms with E-state index in [0.29, 0.717) is 6.42 Å². The summed E-state index contributed by atoms with van der Waals surface area (Å²) in [5.41, 5.74) is 0.0942. The Morgan fingerprint density at radius 1 is 0.815 bits per heavy atom. The minimum absolute atomic E-state index is 0. The fourth-order valence-electron chi connectivity index (χ4n) is 2.66. The van der Waals surface area contributed by atoms with Crippen molar-refractivity contribution in [2.75, 3.05) is 5.75 Å². The van der Waals surface area contributed by atoms with E-state index < -0.39 is 16.1 Å². The topological polar surface area (TPSA) is 69.7 Å². The third-order valence-electron chi connectivity index (χ3n) is 4.31. The van der Waals surface area contributed by atoms with Gasteiger partial charge >= 0.3 is 45.6 Å². The van der Waals surface area contributed by atoms with Crippen LogP contribution in [0.2, 0.25) is 0 Å². The van der Waals surface area contributed by atoms with Crippen LogP contribution in [0.3, 0.4) is 0 Å². The van der Waals surface area contributed by atoms with Gasteiger partial charge in [0.25, 0.3) is 0 Å². The largest absolute Gasteiger partial charge is 1.00 e. The fourth-order valence-corrected chi connectivity index (χ4v) is 3.45. The molecule has 0 aromatic carbocycles. The van der Waals surface area contributed by atoms with Gasteiger partial charge in [0.15, 0.2) is 0 Å². The molecule has 0 heterocycles. The zero-order chi connectivity index (χ0) is 19.7. The maximum absolute atomic E-state index is 11.5. The molecule has 27 heavy (non-hydrogen) atoms. The van der Waals surface area contributed by atoms with Crippen molar-refractivity contribution in [1.29, 1.82) is 0 Å². The number of carbonyl (C=O) groups is 1. The third kappa shape index (κ3) is 20.7. The first-order valence-electron chi connectivity index (χ1n) is 10.2. The van der Waals surface area contributed by atoms with Crippen molar-refractivity contribution in [3.8, 4) is 0 Å². The standard InChI is InChI=1S/C20H38O5S.Na.H/c1-4-5-6-7-8-9-10-11-12-13-14-15-16-17-18-26(22,23)25-24-20(21)19(2)3;;/h2,4-18H2,1,3H3;;/q;+1;-1. The van der Waals surface area contributed by atoms with Crippen LogP contribution in [0.1, 0.15) is 105 Å². The zero-order valence-corrected chi connectivity index (χ0v) is 20.6. The van der Waals surface area contributed by atoms with Crippen LogP contribution in [0, 0.1) is 0 Å². The predicted molar refractivity (Wildman–Crippen MR) is 107 cm³/mol. The molecule has 0 spiro atoms. The van der Waals surface area contributed by atoms with Crippen LogP contribution in [0.25, 0.3) is 0 Å². The third-order valence-corrected chi connectivity index (χ3v) is 5.37. The molecule has 7 heteroatoms. The van der Waals surface area contributed by atoms with Gasteiger partial charge in [-0.2, -0.15) is 8.42 Å². The zero-order valence-electron chi connectivity index (χ0n) is 18.8. The Balaban J connectivity index is -0.00000312. The van der Waals surface area contributed by atoms with Crippen LogP contribution in [0.5, 0.6) is 0 Å². The summed E-state index contributed by atoms with van der Waals surface area (Å²) < 4.78 is 27.3. The maximum Gasteiger partial charge on any atom is 1.00 e. The van der Waals surface area contributed by atoms with Crippen molar-refractivity contribution in [1.82, 2.24) is 0 Å². The van der Waals surface area contributed by atoms with Gasteiger partial charge in [0.05, 0.1) is 5.75 Å². The van der Waals surface area contributed by atoms with Gasteiger partial charge in [-0.25, -0.2) is 4.79 Å². The molecule has 0 atom stereocenters. The van der Waals surface area contributed by atoms with Crippen LogP contribution < -0.4 is 29.6 Å². The average Bonchev–Trinajstić information content (AvgIpc) is 2.60. The summed E-state index contributed by atoms with van der Waals surface area (Å²) >= 11 is 0. The second kappa shape index (κ2) is 19.4. The van der Waals surface area contributed by atoms with Crippen molar-refractivity contribution < 1.29 is 53.4 Å². The molecule has 0 aromatic heterocycles. The van der Waals surface area contributed by atoms with E-state index in [1.807, 2.05) is 0 Å². The Morgan fingerprint density at radius 3 is 1.56 bits per heavy atom. The predicted octanol–water partition coefficient (Wildman–Crippen LogP) is 2.96. The normalized spacial score (nSPS) is 11.0. The summed E-state index contributed by atoms with van der Waals surface area (Å²) in [7, 11) is -3.81. The Morgan fingerprint density at radius 2 is 1.19 bits per heavy atom. The number of hydrogen-bond acceptors (Lipinski definition) is 5. The molecule has 0 saturated heterocycles. The molecule has 0 aliphatic heterocycles. The molecule has 0 aliphatic carbocycles. The SMILES string of the molecule is C=C(C)C(=O)OOS(=O)(=O)CCCCCCCCCCCCCCCC.[H-].[Na+]. The minimum Gasteiger partial charge on any atom is -1.00 e. The first-order valence-corrected chi connectivity index (χ1v) is 11.8. The molecule has 156 valence electrons. The molecule has 0 unspecified atom stereocenters. The van der Waals surface area contributed by atoms with E-state index in [9.17, 15) is 13.2 Å². The van der Waals surface area contributed by atoms with E-state index in [0.717, 1.165) is 19.3 Å². The molecule has 0 aromatic rings. The van der Waals surface area contributed by atoms with E-state index in [1.165, 1.54) is 71.1 Å². The summed E-state index contributed by atoms with van der Waals surface area (Å²) in [6.45, 7) is 7.02. The second-order valence-corrected chi connectivity index (χ2v) is 8.74. The first kappa shape index (κ1) is 29.3. The molecule has 0 rings (SSSR count). The van der Waals surface area contributed by atoms with Gasteiger partial charge in [-0.3, -0.25) is 4.89 Å². The van der Waals surface area contributed by atoms with Crippen molar-refractivity contribution in [2.24, 2.45) is 0 Å². The van der Waals surface area contributed by atoms with Gasteiger partial charge in [-0.15, -0.1) is 0 Å². The number of carbonyl (C=O) groups excluding carboxylic acids is 1. The van der Waals surface area contributed by atoms with E-state index >= 15 is 0 Å². The van der Waals surface area contributed by atoms with Gasteiger partial charge in [0, 0.05) is 5.57 Å². The summed E-state index contributed by atoms with van der Waals surface area (Å²) in [5, 5.41) is 0. The van der Waals surface area contributed by atoms with E-state index in [2.05, 4.69) is 22.7 Å². The molecule has 5 nitrogen and oxygen atoms in total. The summed E-state index contributed by atoms with van der Waals surface area (Å²) in [6.07, 6.45) is 16.8. The number of hydrogen-bond donors (Lipinski definition) is 0. The summed E-state index contributed by atoms with van der Waals surface area (Å²) in [6, 6.07) is 0. The van der Waals surface area contributed by atoms with Gasteiger partial charge < -0.3 is 1.43 Å². The average molecular weight is 415 g/mol. The Kier molecular flexibility index (Phi) is 21.1. The van der Waals surface area contributed by atoms with Crippen LogP contribution in [-0.2, 0) is 24.1 Å². The molecule has 0 radical (unpaired) electrons. The van der Waals surface area contributed by atoms with Crippen LogP contribution >= 0.6 is 0 Å². The quantitative estimate of drug-likeness (QED) is 0.113. The molecule has 0 saturated carbocycles. The smallest absolute Gasteiger partial charge is 1.00 e. The minimum atomic E-state index is -3.81. The summed E-state index contributed by atoms with van der Waals surface area (Å²) in [5.74, 6) is -0.997. The van der Waals surface area contributed by atoms with E-state index in [-0.39, 0.29) is 42.3 Å². The van der Waals surface area contributed by atoms with Crippen molar-refractivity contribution >= 4 is 16.1 Å². The van der Waals surface area contributed by atoms with Crippen LogP contribution in [0.4, 0.5) is 0 Å². The van der Waals surface area contributed by atoms with Gasteiger partial charge in [0.1, 0.15) is 0 Å². The fraction of sp³-hybridized carbons (Fsp3) is 0.850. The monoisotopic (exact) mass is 414 g/mol. The first-order chi connectivity index (χ1) is 12.4. The van der Waals surface area contributed by atoms with Gasteiger partial charge in [-0.1, -0.05) is 101 Å². The van der Waals surface area contributed by atoms with Crippen LogP contribution in [0.15, 0.2) is 12.2 Å². The van der Waals surface area contributed by atoms with Gasteiger partial charge in [-0.05, 0) is 13.3 Å². The molecular formula is C20H39NaO5S. The maximum atomic E-state index is 11.5. The van der Waals surface area contributed by atoms with E-state index in [4.69, 9.17) is 0 Å². The van der Waals surface area contributed by atoms with Crippen molar-refractivity contribution in [2.45, 2.75) is 104 Å². The Hall–Kier alpha value is 0.120. The molecule has 0 bridgehead atoms. The van der Waals surface area contributed by atoms with Crippen molar-refractivity contribution in [3.05, 3.63) is 12.2 Å². The molecular weight excluding hydrogens is 375 g/mol. The number of unbranched alkanes of at least 4 members (excludes halogenated alkanes) is 13. The second-order valence-electron chi connectivity index (χ2n) is 7.08. The molecule has 0 fully saturated rings. The molecule has 0 amide bonds. The molecule has 0 N–H and O–H groups in total. The Labute approximate surface area is 190 Å². The van der Waals surface area contributed by atoms with Crippen molar-refractivity contribution in [3.63, 3.8) is 0 Å². The van der Waals surface area contributed by atoms with Crippen LogP contribution in [-0.4, -0.2) is 20.1 Å². The summed E-state index contributed by atoms with van der Waals surface area (Å²) in [4.78, 5) is 15.3.